The molecule has 3 rings (SSSR count). The van der Waals surface area contributed by atoms with E-state index < -0.39 is 12.0 Å². The number of carbonyl (C=O) groups excluding carboxylic acids is 1. The summed E-state index contributed by atoms with van der Waals surface area (Å²) in [6, 6.07) is -0.512. The second kappa shape index (κ2) is 5.72. The van der Waals surface area contributed by atoms with Gasteiger partial charge in [-0.05, 0) is 43.9 Å². The maximum Gasteiger partial charge on any atom is 0.326 e. The van der Waals surface area contributed by atoms with Crippen molar-refractivity contribution in [3.63, 3.8) is 0 Å². The number of carboxylic acid groups (broad SMARTS) is 1. The Hall–Kier alpha value is -1.10. The van der Waals surface area contributed by atoms with Gasteiger partial charge in [-0.2, -0.15) is 0 Å². The molecule has 3 fully saturated rings. The summed E-state index contributed by atoms with van der Waals surface area (Å²) in [5.41, 5.74) is 0. The lowest BCUT2D eigenvalue weighted by Crippen LogP contribution is -2.47. The third-order valence-electron chi connectivity index (χ3n) is 4.94. The molecular formula is C15H23NO4. The molecule has 20 heavy (non-hydrogen) atoms. The lowest BCUT2D eigenvalue weighted by atomic mass is 9.85. The van der Waals surface area contributed by atoms with Crippen LogP contribution in [0.3, 0.4) is 0 Å². The van der Waals surface area contributed by atoms with E-state index in [1.165, 1.54) is 12.8 Å². The Kier molecular flexibility index (Phi) is 3.96. The smallest absolute Gasteiger partial charge is 0.326 e. The Morgan fingerprint density at radius 3 is 2.60 bits per heavy atom. The molecule has 0 spiro atoms. The van der Waals surface area contributed by atoms with E-state index in [2.05, 4.69) is 0 Å². The summed E-state index contributed by atoms with van der Waals surface area (Å²) in [7, 11) is 0. The molecule has 0 radical (unpaired) electrons. The largest absolute Gasteiger partial charge is 0.480 e. The molecule has 3 atom stereocenters. The normalized spacial score (nSPS) is 33.0. The van der Waals surface area contributed by atoms with E-state index in [4.69, 9.17) is 4.74 Å². The monoisotopic (exact) mass is 281 g/mol. The maximum absolute atomic E-state index is 12.4. The molecule has 2 saturated carbocycles. The number of amides is 1. The summed E-state index contributed by atoms with van der Waals surface area (Å²) in [6.07, 6.45) is 7.27. The highest BCUT2D eigenvalue weighted by atomic mass is 16.5. The fourth-order valence-electron chi connectivity index (χ4n) is 3.71. The Labute approximate surface area is 119 Å². The third kappa shape index (κ3) is 2.82. The van der Waals surface area contributed by atoms with Gasteiger partial charge in [0.15, 0.2) is 0 Å². The van der Waals surface area contributed by atoms with Gasteiger partial charge in [0.1, 0.15) is 12.6 Å². The highest BCUT2D eigenvalue weighted by molar-refractivity contribution is 5.85. The first-order valence-electron chi connectivity index (χ1n) is 7.78. The van der Waals surface area contributed by atoms with E-state index in [9.17, 15) is 14.7 Å². The van der Waals surface area contributed by atoms with E-state index in [0.717, 1.165) is 25.7 Å². The van der Waals surface area contributed by atoms with E-state index in [1.807, 2.05) is 0 Å². The second-order valence-corrected chi connectivity index (χ2v) is 6.46. The molecule has 2 aliphatic carbocycles. The highest BCUT2D eigenvalue weighted by Crippen LogP contribution is 2.39. The number of carboxylic acids is 1. The van der Waals surface area contributed by atoms with Crippen molar-refractivity contribution in [1.82, 2.24) is 4.90 Å². The number of ether oxygens (including phenoxy) is 1. The summed E-state index contributed by atoms with van der Waals surface area (Å²) in [5.74, 6) is -0.00120. The molecule has 0 aromatic rings. The van der Waals surface area contributed by atoms with Crippen LogP contribution in [0.2, 0.25) is 0 Å². The van der Waals surface area contributed by atoms with Crippen LogP contribution in [-0.4, -0.2) is 47.2 Å². The van der Waals surface area contributed by atoms with Gasteiger partial charge in [-0.3, -0.25) is 4.79 Å². The molecule has 0 aromatic carbocycles. The number of aliphatic carboxylic acids is 1. The van der Waals surface area contributed by atoms with Crippen molar-refractivity contribution in [2.24, 2.45) is 11.8 Å². The number of fused-ring (bicyclic) bond motifs is 1. The minimum absolute atomic E-state index is 0.0451. The van der Waals surface area contributed by atoms with Crippen LogP contribution in [0.15, 0.2) is 0 Å². The molecule has 1 saturated heterocycles. The summed E-state index contributed by atoms with van der Waals surface area (Å²) in [5, 5.41) is 9.37. The molecule has 0 unspecified atom stereocenters. The minimum Gasteiger partial charge on any atom is -0.480 e. The van der Waals surface area contributed by atoms with Gasteiger partial charge in [-0.1, -0.05) is 12.8 Å². The van der Waals surface area contributed by atoms with Crippen molar-refractivity contribution in [2.45, 2.75) is 57.0 Å². The summed E-state index contributed by atoms with van der Waals surface area (Å²) in [6.45, 7) is 0.689. The van der Waals surface area contributed by atoms with Gasteiger partial charge in [0.2, 0.25) is 5.91 Å². The minimum atomic E-state index is -0.866. The first-order chi connectivity index (χ1) is 9.66. The van der Waals surface area contributed by atoms with Crippen LogP contribution in [-0.2, 0) is 14.3 Å². The Balaban J connectivity index is 1.62. The predicted octanol–water partition coefficient (Wildman–Crippen LogP) is 1.66. The predicted molar refractivity (Wildman–Crippen MR) is 72.2 cm³/mol. The molecular weight excluding hydrogens is 258 g/mol. The lowest BCUT2D eigenvalue weighted by molar-refractivity contribution is -0.152. The molecule has 112 valence electrons. The topological polar surface area (TPSA) is 66.8 Å². The summed E-state index contributed by atoms with van der Waals surface area (Å²) >= 11 is 0. The van der Waals surface area contributed by atoms with Crippen LogP contribution >= 0.6 is 0 Å². The highest BCUT2D eigenvalue weighted by Gasteiger charge is 2.47. The van der Waals surface area contributed by atoms with Gasteiger partial charge >= 0.3 is 5.97 Å². The number of rotatable bonds is 5. The SMILES string of the molecule is O=C(O)[C@@H]1C[C@@H]2CCCC[C@H]2N1C(=O)COCC1CC1. The van der Waals surface area contributed by atoms with Gasteiger partial charge in [-0.15, -0.1) is 0 Å². The van der Waals surface area contributed by atoms with E-state index in [0.29, 0.717) is 24.9 Å². The van der Waals surface area contributed by atoms with Crippen LogP contribution in [0.1, 0.15) is 44.9 Å². The first-order valence-corrected chi connectivity index (χ1v) is 7.78. The number of likely N-dealkylation sites (tertiary alicyclic amines) is 1. The molecule has 3 aliphatic rings. The van der Waals surface area contributed by atoms with Gasteiger partial charge < -0.3 is 14.7 Å². The lowest BCUT2D eigenvalue weighted by Gasteiger charge is -2.32. The second-order valence-electron chi connectivity index (χ2n) is 6.46. The molecule has 0 bridgehead atoms. The van der Waals surface area contributed by atoms with Crippen molar-refractivity contribution in [1.29, 1.82) is 0 Å². The zero-order chi connectivity index (χ0) is 14.1. The number of carbonyl (C=O) groups is 2. The van der Waals surface area contributed by atoms with Crippen LogP contribution in [0.25, 0.3) is 0 Å². The average Bonchev–Trinajstić information content (AvgIpc) is 3.16. The van der Waals surface area contributed by atoms with Gasteiger partial charge in [0.25, 0.3) is 0 Å². The van der Waals surface area contributed by atoms with Gasteiger partial charge in [0, 0.05) is 6.04 Å². The molecule has 1 aliphatic heterocycles. The standard InChI is InChI=1S/C15H23NO4/c17-14(9-20-8-10-5-6-10)16-12-4-2-1-3-11(12)7-13(16)15(18)19/h10-13H,1-9H2,(H,18,19)/t11-,12+,13-/m0/s1. The zero-order valence-corrected chi connectivity index (χ0v) is 11.8. The Morgan fingerprint density at radius 2 is 1.90 bits per heavy atom. The third-order valence-corrected chi connectivity index (χ3v) is 4.94. The average molecular weight is 281 g/mol. The fraction of sp³-hybridized carbons (Fsp3) is 0.867. The zero-order valence-electron chi connectivity index (χ0n) is 11.8. The van der Waals surface area contributed by atoms with Crippen LogP contribution in [0.5, 0.6) is 0 Å². The Bertz CT molecular complexity index is 393. The number of hydrogen-bond acceptors (Lipinski definition) is 3. The summed E-state index contributed by atoms with van der Waals surface area (Å²) < 4.78 is 5.46. The first kappa shape index (κ1) is 13.9. The van der Waals surface area contributed by atoms with Crippen LogP contribution in [0.4, 0.5) is 0 Å². The molecule has 1 N–H and O–H groups in total. The fourth-order valence-corrected chi connectivity index (χ4v) is 3.71. The Morgan fingerprint density at radius 1 is 1.15 bits per heavy atom. The molecule has 5 nitrogen and oxygen atoms in total. The van der Waals surface area contributed by atoms with Crippen molar-refractivity contribution in [3.8, 4) is 0 Å². The molecule has 1 heterocycles. The molecule has 0 aromatic heterocycles. The van der Waals surface area contributed by atoms with Crippen LogP contribution < -0.4 is 0 Å². The number of nitrogens with zero attached hydrogens (tertiary/aromatic N) is 1. The quantitative estimate of drug-likeness (QED) is 0.832. The van der Waals surface area contributed by atoms with E-state index >= 15 is 0 Å². The van der Waals surface area contributed by atoms with Crippen molar-refractivity contribution in [3.05, 3.63) is 0 Å². The van der Waals surface area contributed by atoms with E-state index in [1.54, 1.807) is 4.90 Å². The van der Waals surface area contributed by atoms with Crippen molar-refractivity contribution >= 4 is 11.9 Å². The van der Waals surface area contributed by atoms with Gasteiger partial charge in [0.05, 0.1) is 6.61 Å². The van der Waals surface area contributed by atoms with Crippen LogP contribution in [0, 0.1) is 11.8 Å². The van der Waals surface area contributed by atoms with Gasteiger partial charge in [-0.25, -0.2) is 4.79 Å². The summed E-state index contributed by atoms with van der Waals surface area (Å²) in [4.78, 5) is 25.4. The maximum atomic E-state index is 12.4. The van der Waals surface area contributed by atoms with Crippen molar-refractivity contribution < 1.29 is 19.4 Å². The van der Waals surface area contributed by atoms with Crippen molar-refractivity contribution in [2.75, 3.05) is 13.2 Å². The molecule has 5 heteroatoms. The van der Waals surface area contributed by atoms with E-state index in [-0.39, 0.29) is 18.6 Å². The number of hydrogen-bond donors (Lipinski definition) is 1. The molecule has 1 amide bonds.